The van der Waals surface area contributed by atoms with Crippen LogP contribution in [0.3, 0.4) is 0 Å². The second kappa shape index (κ2) is 6.63. The van der Waals surface area contributed by atoms with E-state index in [-0.39, 0.29) is 18.1 Å². The minimum absolute atomic E-state index is 0.00339. The summed E-state index contributed by atoms with van der Waals surface area (Å²) >= 11 is 0. The molecule has 2 heterocycles. The van der Waals surface area contributed by atoms with Crippen LogP contribution in [-0.2, 0) is 11.2 Å². The number of aromatic amines is 1. The fourth-order valence-electron chi connectivity index (χ4n) is 2.98. The van der Waals surface area contributed by atoms with Gasteiger partial charge in [-0.05, 0) is 17.7 Å². The van der Waals surface area contributed by atoms with Gasteiger partial charge in [-0.15, -0.1) is 0 Å². The Morgan fingerprint density at radius 2 is 2.43 bits per heavy atom. The normalized spacial score (nSPS) is 20.4. The van der Waals surface area contributed by atoms with Crippen LogP contribution in [0.1, 0.15) is 34.2 Å². The van der Waals surface area contributed by atoms with Crippen LogP contribution >= 0.6 is 0 Å². The summed E-state index contributed by atoms with van der Waals surface area (Å²) in [7, 11) is 1.66. The Bertz CT molecular complexity index is 720. The quantitative estimate of drug-likeness (QED) is 0.937. The highest BCUT2D eigenvalue weighted by Gasteiger charge is 2.38. The molecule has 0 aliphatic carbocycles. The number of carbonyl (C=O) groups is 1. The Kier molecular flexibility index (Phi) is 4.40. The molecule has 2 atom stereocenters. The molecule has 1 unspecified atom stereocenters. The van der Waals surface area contributed by atoms with E-state index in [1.54, 1.807) is 36.5 Å². The first-order chi connectivity index (χ1) is 11.2. The van der Waals surface area contributed by atoms with Crippen molar-refractivity contribution in [1.82, 2.24) is 14.9 Å². The summed E-state index contributed by atoms with van der Waals surface area (Å²) < 4.78 is 5.44. The third-order valence-corrected chi connectivity index (χ3v) is 4.15. The molecule has 1 aliphatic rings. The Hall–Kier alpha value is -2.65. The van der Waals surface area contributed by atoms with E-state index in [1.165, 1.54) is 0 Å². The fourth-order valence-corrected chi connectivity index (χ4v) is 2.98. The maximum Gasteiger partial charge on any atom is 0.254 e. The van der Waals surface area contributed by atoms with Crippen LogP contribution in [0.15, 0.2) is 36.7 Å². The van der Waals surface area contributed by atoms with Gasteiger partial charge in [0.2, 0.25) is 0 Å². The lowest BCUT2D eigenvalue weighted by molar-refractivity contribution is 0.0684. The van der Waals surface area contributed by atoms with Gasteiger partial charge in [0.1, 0.15) is 5.82 Å². The summed E-state index contributed by atoms with van der Waals surface area (Å²) in [6.07, 6.45) is 4.45. The van der Waals surface area contributed by atoms with Crippen molar-refractivity contribution in [2.24, 2.45) is 0 Å². The van der Waals surface area contributed by atoms with E-state index < -0.39 is 0 Å². The van der Waals surface area contributed by atoms with Crippen molar-refractivity contribution in [3.63, 3.8) is 0 Å². The standard InChI is InChI=1S/C17H18N4O2/c1-23-14-10-15(16-19-7-8-20-16)21(11-14)17(22)13-4-2-3-12(9-13)5-6-18/h2-4,7-9,14-15H,5,10-11H2,1H3,(H,19,20)/t14-,15?/m1/s1. The fraction of sp³-hybridized carbons (Fsp3) is 0.353. The highest BCUT2D eigenvalue weighted by atomic mass is 16.5. The third kappa shape index (κ3) is 3.10. The number of carbonyl (C=O) groups excluding carboxylic acids is 1. The van der Waals surface area contributed by atoms with Crippen molar-refractivity contribution in [3.05, 3.63) is 53.6 Å². The van der Waals surface area contributed by atoms with Gasteiger partial charge in [-0.3, -0.25) is 4.79 Å². The van der Waals surface area contributed by atoms with Crippen LogP contribution in [0.5, 0.6) is 0 Å². The van der Waals surface area contributed by atoms with Crippen molar-refractivity contribution in [3.8, 4) is 6.07 Å². The predicted molar refractivity (Wildman–Crippen MR) is 83.5 cm³/mol. The molecule has 1 amide bonds. The summed E-state index contributed by atoms with van der Waals surface area (Å²) in [4.78, 5) is 22.1. The van der Waals surface area contributed by atoms with Gasteiger partial charge < -0.3 is 14.6 Å². The van der Waals surface area contributed by atoms with Crippen molar-refractivity contribution >= 4 is 5.91 Å². The molecule has 0 bridgehead atoms. The van der Waals surface area contributed by atoms with E-state index in [1.807, 2.05) is 12.1 Å². The monoisotopic (exact) mass is 310 g/mol. The van der Waals surface area contributed by atoms with Crippen LogP contribution in [0.4, 0.5) is 0 Å². The summed E-state index contributed by atoms with van der Waals surface area (Å²) in [6, 6.07) is 9.21. The first-order valence-electron chi connectivity index (χ1n) is 7.52. The van der Waals surface area contributed by atoms with Crippen LogP contribution in [0.2, 0.25) is 0 Å². The highest BCUT2D eigenvalue weighted by Crippen LogP contribution is 2.32. The van der Waals surface area contributed by atoms with E-state index in [9.17, 15) is 4.79 Å². The smallest absolute Gasteiger partial charge is 0.254 e. The zero-order valence-electron chi connectivity index (χ0n) is 12.9. The number of H-pyrrole nitrogens is 1. The molecular weight excluding hydrogens is 292 g/mol. The van der Waals surface area contributed by atoms with E-state index >= 15 is 0 Å². The number of hydrogen-bond acceptors (Lipinski definition) is 4. The van der Waals surface area contributed by atoms with Crippen molar-refractivity contribution < 1.29 is 9.53 Å². The molecular formula is C17H18N4O2. The number of amides is 1. The average molecular weight is 310 g/mol. The highest BCUT2D eigenvalue weighted by molar-refractivity contribution is 5.94. The molecule has 1 aromatic carbocycles. The summed E-state index contributed by atoms with van der Waals surface area (Å²) in [5, 5.41) is 8.82. The maximum absolute atomic E-state index is 12.9. The van der Waals surface area contributed by atoms with Gasteiger partial charge in [0.25, 0.3) is 5.91 Å². The van der Waals surface area contributed by atoms with Crippen LogP contribution in [-0.4, -0.2) is 40.5 Å². The predicted octanol–water partition coefficient (Wildman–Crippen LogP) is 2.08. The number of nitrogens with one attached hydrogen (secondary N) is 1. The number of likely N-dealkylation sites (tertiary alicyclic amines) is 1. The first kappa shape index (κ1) is 15.3. The Morgan fingerprint density at radius 1 is 1.57 bits per heavy atom. The van der Waals surface area contributed by atoms with Crippen molar-refractivity contribution in [2.75, 3.05) is 13.7 Å². The number of ether oxygens (including phenoxy) is 1. The molecule has 1 aromatic heterocycles. The molecule has 0 saturated carbocycles. The van der Waals surface area contributed by atoms with Crippen molar-refractivity contribution in [1.29, 1.82) is 5.26 Å². The topological polar surface area (TPSA) is 82.0 Å². The lowest BCUT2D eigenvalue weighted by atomic mass is 10.1. The second-order valence-corrected chi connectivity index (χ2v) is 5.58. The number of nitriles is 1. The van der Waals surface area contributed by atoms with Gasteiger partial charge in [-0.2, -0.15) is 5.26 Å². The molecule has 6 nitrogen and oxygen atoms in total. The Balaban J connectivity index is 1.87. The molecule has 1 N–H and O–H groups in total. The van der Waals surface area contributed by atoms with Crippen LogP contribution in [0.25, 0.3) is 0 Å². The van der Waals surface area contributed by atoms with E-state index in [0.29, 0.717) is 24.9 Å². The molecule has 118 valence electrons. The minimum Gasteiger partial charge on any atom is -0.380 e. The number of hydrogen-bond donors (Lipinski definition) is 1. The van der Waals surface area contributed by atoms with E-state index in [2.05, 4.69) is 16.0 Å². The first-order valence-corrected chi connectivity index (χ1v) is 7.52. The molecule has 0 spiro atoms. The number of aromatic nitrogens is 2. The lowest BCUT2D eigenvalue weighted by Gasteiger charge is -2.23. The molecule has 1 aliphatic heterocycles. The maximum atomic E-state index is 12.9. The SMILES string of the molecule is CO[C@@H]1CC(c2ncc[nH]2)N(C(=O)c2cccc(CC#N)c2)C1. The van der Waals surface area contributed by atoms with Crippen molar-refractivity contribution in [2.45, 2.75) is 25.0 Å². The van der Waals surface area contributed by atoms with Crippen LogP contribution in [0, 0.1) is 11.3 Å². The number of nitrogens with zero attached hydrogens (tertiary/aromatic N) is 3. The zero-order chi connectivity index (χ0) is 16.2. The lowest BCUT2D eigenvalue weighted by Crippen LogP contribution is -2.32. The third-order valence-electron chi connectivity index (χ3n) is 4.15. The van der Waals surface area contributed by atoms with Crippen LogP contribution < -0.4 is 0 Å². The molecule has 0 radical (unpaired) electrons. The summed E-state index contributed by atoms with van der Waals surface area (Å²) in [5.74, 6) is 0.705. The van der Waals surface area contributed by atoms with E-state index in [0.717, 1.165) is 11.4 Å². The molecule has 1 saturated heterocycles. The van der Waals surface area contributed by atoms with Gasteiger partial charge in [-0.1, -0.05) is 12.1 Å². The summed E-state index contributed by atoms with van der Waals surface area (Å²) in [6.45, 7) is 0.531. The number of rotatable bonds is 4. The Morgan fingerprint density at radius 3 is 3.13 bits per heavy atom. The van der Waals surface area contributed by atoms with Gasteiger partial charge in [0, 0.05) is 38.0 Å². The Labute approximate surface area is 134 Å². The van der Waals surface area contributed by atoms with E-state index in [4.69, 9.17) is 10.00 Å². The molecule has 2 aromatic rings. The van der Waals surface area contributed by atoms with Gasteiger partial charge in [-0.25, -0.2) is 4.98 Å². The number of methoxy groups -OCH3 is 1. The summed E-state index contributed by atoms with van der Waals surface area (Å²) in [5.41, 5.74) is 1.43. The average Bonchev–Trinajstić information content (AvgIpc) is 3.23. The van der Waals surface area contributed by atoms with Gasteiger partial charge >= 0.3 is 0 Å². The molecule has 23 heavy (non-hydrogen) atoms. The van der Waals surface area contributed by atoms with Gasteiger partial charge in [0.05, 0.1) is 24.6 Å². The number of imidazole rings is 1. The molecule has 6 heteroatoms. The largest absolute Gasteiger partial charge is 0.380 e. The number of benzene rings is 1. The second-order valence-electron chi connectivity index (χ2n) is 5.58. The molecule has 3 rings (SSSR count). The van der Waals surface area contributed by atoms with Gasteiger partial charge in [0.15, 0.2) is 0 Å². The zero-order valence-corrected chi connectivity index (χ0v) is 12.9. The minimum atomic E-state index is -0.123. The molecule has 1 fully saturated rings.